The highest BCUT2D eigenvalue weighted by Crippen LogP contribution is 2.20. The molecule has 3 aromatic rings. The van der Waals surface area contributed by atoms with Crippen molar-refractivity contribution in [3.63, 3.8) is 0 Å². The first-order chi connectivity index (χ1) is 11.8. The van der Waals surface area contributed by atoms with E-state index in [1.165, 1.54) is 4.68 Å². The maximum Gasteiger partial charge on any atom is 0.297 e. The number of hydrogen-bond donors (Lipinski definition) is 1. The number of nitrogens with zero attached hydrogens (tertiary/aromatic N) is 4. The van der Waals surface area contributed by atoms with E-state index >= 15 is 0 Å². The molecule has 0 amide bonds. The number of nitrogens with one attached hydrogen (secondary N) is 1. The van der Waals surface area contributed by atoms with Crippen molar-refractivity contribution in [2.45, 2.75) is 39.7 Å². The smallest absolute Gasteiger partial charge is 0.297 e. The molecule has 0 aliphatic heterocycles. The zero-order valence-electron chi connectivity index (χ0n) is 14.8. The Labute approximate surface area is 150 Å². The Balaban J connectivity index is 2.13. The van der Waals surface area contributed by atoms with Crippen molar-refractivity contribution in [1.82, 2.24) is 19.4 Å². The van der Waals surface area contributed by atoms with Crippen molar-refractivity contribution in [3.05, 3.63) is 56.8 Å². The lowest BCUT2D eigenvalue weighted by atomic mass is 9.93. The van der Waals surface area contributed by atoms with Crippen molar-refractivity contribution in [3.8, 4) is 0 Å². The topological polar surface area (TPSA) is 68.0 Å². The van der Waals surface area contributed by atoms with Crippen LogP contribution in [0.1, 0.15) is 39.0 Å². The fourth-order valence-electron chi connectivity index (χ4n) is 2.74. The van der Waals surface area contributed by atoms with Crippen LogP contribution in [-0.2, 0) is 12.0 Å². The summed E-state index contributed by atoms with van der Waals surface area (Å²) in [6.45, 7) is 8.73. The number of rotatable bonds is 3. The molecule has 0 atom stereocenters. The van der Waals surface area contributed by atoms with Gasteiger partial charge in [0, 0.05) is 34.6 Å². The number of benzene rings is 1. The highest BCUT2D eigenvalue weighted by atomic mass is 32.1. The van der Waals surface area contributed by atoms with E-state index in [4.69, 9.17) is 12.2 Å². The molecule has 0 saturated carbocycles. The molecule has 25 heavy (non-hydrogen) atoms. The van der Waals surface area contributed by atoms with Crippen LogP contribution in [0.15, 0.2) is 40.4 Å². The Bertz CT molecular complexity index is 1070. The molecule has 2 heterocycles. The number of para-hydroxylation sites is 1. The summed E-state index contributed by atoms with van der Waals surface area (Å²) in [5.41, 5.74) is 1.77. The summed E-state index contributed by atoms with van der Waals surface area (Å²) in [6, 6.07) is 8.11. The Morgan fingerprint density at radius 2 is 2.04 bits per heavy atom. The second kappa shape index (κ2) is 6.40. The quantitative estimate of drug-likeness (QED) is 0.578. The lowest BCUT2D eigenvalue weighted by Gasteiger charge is -2.16. The molecular formula is C18H21N5OS. The van der Waals surface area contributed by atoms with E-state index in [9.17, 15) is 4.79 Å². The lowest BCUT2D eigenvalue weighted by Crippen LogP contribution is -2.32. The monoisotopic (exact) mass is 355 g/mol. The predicted molar refractivity (Wildman–Crippen MR) is 103 cm³/mol. The molecule has 1 aromatic carbocycles. The van der Waals surface area contributed by atoms with E-state index in [0.717, 1.165) is 23.0 Å². The van der Waals surface area contributed by atoms with Gasteiger partial charge in [-0.1, -0.05) is 39.0 Å². The molecule has 0 bridgehead atoms. The van der Waals surface area contributed by atoms with E-state index in [1.54, 1.807) is 6.21 Å². The molecule has 1 N–H and O–H groups in total. The Hall–Kier alpha value is -2.54. The SMILES string of the molecule is CCn1cc(/C=N\n2c(=S)[nH]nc(C(C)(C)C)c2=O)c2ccccc21. The minimum atomic E-state index is -0.397. The van der Waals surface area contributed by atoms with E-state index in [-0.39, 0.29) is 10.3 Å². The zero-order valence-corrected chi connectivity index (χ0v) is 15.6. The third kappa shape index (κ3) is 3.19. The third-order valence-corrected chi connectivity index (χ3v) is 4.30. The molecule has 0 radical (unpaired) electrons. The van der Waals surface area contributed by atoms with Crippen LogP contribution in [0.2, 0.25) is 0 Å². The van der Waals surface area contributed by atoms with Gasteiger partial charge in [0.1, 0.15) is 5.69 Å². The Kier molecular flexibility index (Phi) is 4.43. The number of aryl methyl sites for hydroxylation is 1. The molecule has 0 spiro atoms. The molecular weight excluding hydrogens is 334 g/mol. The van der Waals surface area contributed by atoms with Gasteiger partial charge in [0.15, 0.2) is 0 Å². The number of H-pyrrole nitrogens is 1. The maximum absolute atomic E-state index is 12.7. The average molecular weight is 355 g/mol. The number of aromatic amines is 1. The van der Waals surface area contributed by atoms with Crippen LogP contribution in [0.25, 0.3) is 10.9 Å². The predicted octanol–water partition coefficient (Wildman–Crippen LogP) is 3.46. The van der Waals surface area contributed by atoms with Crippen LogP contribution in [-0.4, -0.2) is 25.7 Å². The Morgan fingerprint density at radius 3 is 2.72 bits per heavy atom. The van der Waals surface area contributed by atoms with Crippen molar-refractivity contribution in [1.29, 1.82) is 0 Å². The van der Waals surface area contributed by atoms with Crippen molar-refractivity contribution in [2.75, 3.05) is 0 Å². The summed E-state index contributed by atoms with van der Waals surface area (Å²) in [5.74, 6) is 0. The average Bonchev–Trinajstić information content (AvgIpc) is 2.91. The van der Waals surface area contributed by atoms with Crippen LogP contribution in [0.3, 0.4) is 0 Å². The lowest BCUT2D eigenvalue weighted by molar-refractivity contribution is 0.529. The summed E-state index contributed by atoms with van der Waals surface area (Å²) < 4.78 is 3.52. The number of hydrogen-bond acceptors (Lipinski definition) is 4. The second-order valence-corrected chi connectivity index (χ2v) is 7.26. The van der Waals surface area contributed by atoms with Gasteiger partial charge < -0.3 is 4.57 Å². The van der Waals surface area contributed by atoms with Gasteiger partial charge in [-0.3, -0.25) is 9.89 Å². The van der Waals surface area contributed by atoms with Crippen molar-refractivity contribution < 1.29 is 0 Å². The Morgan fingerprint density at radius 1 is 1.32 bits per heavy atom. The van der Waals surface area contributed by atoms with Gasteiger partial charge in [0.2, 0.25) is 4.77 Å². The largest absolute Gasteiger partial charge is 0.347 e. The molecule has 0 unspecified atom stereocenters. The van der Waals surface area contributed by atoms with Crippen LogP contribution in [0, 0.1) is 4.77 Å². The van der Waals surface area contributed by atoms with E-state index in [0.29, 0.717) is 5.69 Å². The number of aromatic nitrogens is 4. The zero-order chi connectivity index (χ0) is 18.2. The standard InChI is InChI=1S/C18H21N5OS/c1-5-22-11-12(13-8-6-7-9-14(13)22)10-19-23-16(24)15(18(2,3)4)20-21-17(23)25/h6-11H,5H2,1-4H3,(H,21,25)/b19-10-. The minimum Gasteiger partial charge on any atom is -0.347 e. The maximum atomic E-state index is 12.7. The molecule has 2 aromatic heterocycles. The summed E-state index contributed by atoms with van der Waals surface area (Å²) in [5, 5.41) is 12.2. The molecule has 130 valence electrons. The fourth-order valence-corrected chi connectivity index (χ4v) is 2.92. The molecule has 6 nitrogen and oxygen atoms in total. The minimum absolute atomic E-state index is 0.175. The first-order valence-electron chi connectivity index (χ1n) is 8.17. The summed E-state index contributed by atoms with van der Waals surface area (Å²) >= 11 is 5.19. The summed E-state index contributed by atoms with van der Waals surface area (Å²) in [4.78, 5) is 12.7. The van der Waals surface area contributed by atoms with E-state index < -0.39 is 5.41 Å². The van der Waals surface area contributed by atoms with Gasteiger partial charge in [0.25, 0.3) is 5.56 Å². The number of fused-ring (bicyclic) bond motifs is 1. The first kappa shape index (κ1) is 17.3. The molecule has 7 heteroatoms. The molecule has 0 aliphatic rings. The molecule has 3 rings (SSSR count). The van der Waals surface area contributed by atoms with Crippen LogP contribution >= 0.6 is 12.2 Å². The van der Waals surface area contributed by atoms with E-state index in [2.05, 4.69) is 32.9 Å². The van der Waals surface area contributed by atoms with Crippen molar-refractivity contribution in [2.24, 2.45) is 5.10 Å². The second-order valence-electron chi connectivity index (χ2n) is 6.88. The fraction of sp³-hybridized carbons (Fsp3) is 0.333. The normalized spacial score (nSPS) is 12.3. The van der Waals surface area contributed by atoms with Crippen LogP contribution in [0.5, 0.6) is 0 Å². The summed E-state index contributed by atoms with van der Waals surface area (Å²) in [7, 11) is 0. The van der Waals surface area contributed by atoms with Crippen LogP contribution < -0.4 is 5.56 Å². The van der Waals surface area contributed by atoms with Crippen LogP contribution in [0.4, 0.5) is 0 Å². The first-order valence-corrected chi connectivity index (χ1v) is 8.58. The van der Waals surface area contributed by atoms with Gasteiger partial charge >= 0.3 is 0 Å². The van der Waals surface area contributed by atoms with E-state index in [1.807, 2.05) is 45.2 Å². The third-order valence-electron chi connectivity index (χ3n) is 4.03. The molecule has 0 fully saturated rings. The van der Waals surface area contributed by atoms with Crippen molar-refractivity contribution >= 4 is 29.3 Å². The van der Waals surface area contributed by atoms with Gasteiger partial charge in [-0.2, -0.15) is 14.9 Å². The van der Waals surface area contributed by atoms with Gasteiger partial charge in [-0.05, 0) is 25.2 Å². The molecule has 0 aliphatic carbocycles. The van der Waals surface area contributed by atoms with Gasteiger partial charge in [-0.15, -0.1) is 0 Å². The highest BCUT2D eigenvalue weighted by Gasteiger charge is 2.21. The summed E-state index contributed by atoms with van der Waals surface area (Å²) in [6.07, 6.45) is 3.70. The molecule has 0 saturated heterocycles. The van der Waals surface area contributed by atoms with Gasteiger partial charge in [0.05, 0.1) is 6.21 Å². The highest BCUT2D eigenvalue weighted by molar-refractivity contribution is 7.71. The van der Waals surface area contributed by atoms with Gasteiger partial charge in [-0.25, -0.2) is 0 Å².